The maximum atomic E-state index is 12.3. The van der Waals surface area contributed by atoms with Gasteiger partial charge in [0.25, 0.3) is 0 Å². The van der Waals surface area contributed by atoms with Gasteiger partial charge < -0.3 is 43.0 Å². The number of carbonyl (C=O) groups excluding carboxylic acids is 3. The number of rotatable bonds is 11. The summed E-state index contributed by atoms with van der Waals surface area (Å²) < 4.78 is 47.5. The molecule has 2 aromatic rings. The van der Waals surface area contributed by atoms with E-state index in [1.54, 1.807) is 13.8 Å². The Morgan fingerprint density at radius 2 is 1.07 bits per heavy atom. The van der Waals surface area contributed by atoms with Gasteiger partial charge in [-0.2, -0.15) is 0 Å². The molecule has 4 rings (SSSR count). The predicted molar refractivity (Wildman–Crippen MR) is 152 cm³/mol. The molecule has 12 nitrogen and oxygen atoms in total. The van der Waals surface area contributed by atoms with E-state index in [-0.39, 0.29) is 13.2 Å². The molecule has 12 heteroatoms. The molecule has 2 aliphatic rings. The Morgan fingerprint density at radius 1 is 0.614 bits per heavy atom. The van der Waals surface area contributed by atoms with Gasteiger partial charge in [-0.05, 0) is 25.0 Å². The Kier molecular flexibility index (Phi) is 11.8. The van der Waals surface area contributed by atoms with Crippen molar-refractivity contribution >= 4 is 17.9 Å². The lowest BCUT2D eigenvalue weighted by Crippen LogP contribution is -2.65. The lowest BCUT2D eigenvalue weighted by atomic mass is 9.96. The molecule has 0 radical (unpaired) electrons. The molecule has 0 aromatic heterocycles. The van der Waals surface area contributed by atoms with Gasteiger partial charge in [0.2, 0.25) is 0 Å². The first-order valence-corrected chi connectivity index (χ1v) is 14.5. The Labute approximate surface area is 256 Å². The predicted octanol–water partition coefficient (Wildman–Crippen LogP) is 2.82. The number of hydrogen-bond acceptors (Lipinski definition) is 12. The molecule has 2 heterocycles. The monoisotopic (exact) mass is 616 g/mol. The second-order valence-corrected chi connectivity index (χ2v) is 10.8. The molecule has 0 spiro atoms. The van der Waals surface area contributed by atoms with Crippen molar-refractivity contribution in [2.75, 3.05) is 0 Å². The van der Waals surface area contributed by atoms with Crippen LogP contribution in [0.3, 0.4) is 0 Å². The summed E-state index contributed by atoms with van der Waals surface area (Å²) in [6.45, 7) is 7.22. The molecule has 10 atom stereocenters. The quantitative estimate of drug-likeness (QED) is 0.293. The number of aliphatic hydroxyl groups excluding tert-OH is 1. The zero-order valence-corrected chi connectivity index (χ0v) is 25.4. The van der Waals surface area contributed by atoms with Crippen LogP contribution in [0, 0.1) is 0 Å². The van der Waals surface area contributed by atoms with Gasteiger partial charge in [-0.15, -0.1) is 0 Å². The largest absolute Gasteiger partial charge is 0.456 e. The number of ether oxygens (including phenoxy) is 8. The number of aliphatic hydroxyl groups is 1. The molecule has 1 N–H and O–H groups in total. The van der Waals surface area contributed by atoms with Gasteiger partial charge in [-0.1, -0.05) is 60.7 Å². The fourth-order valence-electron chi connectivity index (χ4n) is 5.32. The normalized spacial score (nSPS) is 32.0. The summed E-state index contributed by atoms with van der Waals surface area (Å²) in [5.41, 5.74) is 1.74. The summed E-state index contributed by atoms with van der Waals surface area (Å²) in [5.74, 6) is -2.05. The van der Waals surface area contributed by atoms with Crippen molar-refractivity contribution < 1.29 is 57.4 Å². The Bertz CT molecular complexity index is 1170. The van der Waals surface area contributed by atoms with E-state index in [1.165, 1.54) is 20.8 Å². The van der Waals surface area contributed by atoms with E-state index < -0.39 is 79.3 Å². The van der Waals surface area contributed by atoms with Crippen LogP contribution in [0.4, 0.5) is 0 Å². The van der Waals surface area contributed by atoms with Gasteiger partial charge >= 0.3 is 17.9 Å². The van der Waals surface area contributed by atoms with Crippen molar-refractivity contribution in [2.24, 2.45) is 0 Å². The maximum absolute atomic E-state index is 12.3. The minimum Gasteiger partial charge on any atom is -0.456 e. The SMILES string of the molecule is CC(=O)O[C@@H]1[C@@H](OC(C)=O)[C@H](C)O[C@@H](O[C@@H]2[C@H](OCc3ccccc3)[C@H](C)O[C@@H](O)[C@H]2OCc2ccccc2)[C@@H]1OC(C)=O. The topological polar surface area (TPSA) is 145 Å². The first kappa shape index (κ1) is 33.5. The van der Waals surface area contributed by atoms with Crippen molar-refractivity contribution in [2.45, 2.75) is 109 Å². The Hall–Kier alpha value is -3.39. The van der Waals surface area contributed by atoms with Crippen molar-refractivity contribution in [3.63, 3.8) is 0 Å². The van der Waals surface area contributed by atoms with Crippen LogP contribution in [-0.4, -0.2) is 84.4 Å². The maximum Gasteiger partial charge on any atom is 0.303 e. The smallest absolute Gasteiger partial charge is 0.303 e. The lowest BCUT2D eigenvalue weighted by molar-refractivity contribution is -0.360. The van der Waals surface area contributed by atoms with E-state index in [2.05, 4.69) is 0 Å². The molecule has 0 unspecified atom stereocenters. The number of benzene rings is 2. The van der Waals surface area contributed by atoms with E-state index in [0.717, 1.165) is 11.1 Å². The molecule has 0 aliphatic carbocycles. The highest BCUT2D eigenvalue weighted by Crippen LogP contribution is 2.34. The first-order valence-electron chi connectivity index (χ1n) is 14.5. The van der Waals surface area contributed by atoms with Crippen LogP contribution < -0.4 is 0 Å². The minimum atomic E-state index is -1.42. The van der Waals surface area contributed by atoms with Crippen LogP contribution in [0.2, 0.25) is 0 Å². The summed E-state index contributed by atoms with van der Waals surface area (Å²) in [6, 6.07) is 18.8. The fourth-order valence-corrected chi connectivity index (χ4v) is 5.32. The van der Waals surface area contributed by atoms with Crippen LogP contribution >= 0.6 is 0 Å². The molecule has 0 amide bonds. The zero-order valence-electron chi connectivity index (χ0n) is 25.4. The molecule has 0 saturated carbocycles. The molecular weight excluding hydrogens is 576 g/mol. The molecule has 44 heavy (non-hydrogen) atoms. The number of hydrogen-bond donors (Lipinski definition) is 1. The van der Waals surface area contributed by atoms with Crippen LogP contribution in [0.15, 0.2) is 60.7 Å². The highest BCUT2D eigenvalue weighted by Gasteiger charge is 2.54. The average Bonchev–Trinajstić information content (AvgIpc) is 2.97. The zero-order chi connectivity index (χ0) is 31.8. The summed E-state index contributed by atoms with van der Waals surface area (Å²) in [6.07, 6.45) is -10.9. The van der Waals surface area contributed by atoms with Crippen molar-refractivity contribution in [1.82, 2.24) is 0 Å². The van der Waals surface area contributed by atoms with E-state index in [9.17, 15) is 19.5 Å². The van der Waals surface area contributed by atoms with Crippen LogP contribution in [0.25, 0.3) is 0 Å². The lowest BCUT2D eigenvalue weighted by Gasteiger charge is -2.48. The van der Waals surface area contributed by atoms with E-state index in [1.807, 2.05) is 60.7 Å². The van der Waals surface area contributed by atoms with Crippen LogP contribution in [0.1, 0.15) is 45.7 Å². The standard InChI is InChI=1S/C32H40O12/c1-18-25(37-16-23-12-8-6-9-13-23)27(29(31(36)39-18)38-17-24-14-10-7-11-15-24)44-32-30(43-22(5)35)28(42-21(4)34)26(19(2)40-32)41-20(3)33/h6-15,18-19,25-32,36H,16-17H2,1-5H3/t18-,19-,25+,26-,27+,28+,29-,30+,31+,32-/m0/s1. The fraction of sp³-hybridized carbons (Fsp3) is 0.531. The molecule has 2 fully saturated rings. The number of carbonyl (C=O) groups is 3. The highest BCUT2D eigenvalue weighted by molar-refractivity contribution is 5.68. The third kappa shape index (κ3) is 8.84. The van der Waals surface area contributed by atoms with Crippen LogP contribution in [-0.2, 0) is 65.5 Å². The van der Waals surface area contributed by atoms with E-state index >= 15 is 0 Å². The van der Waals surface area contributed by atoms with Gasteiger partial charge in [0.15, 0.2) is 30.9 Å². The van der Waals surface area contributed by atoms with Crippen molar-refractivity contribution in [1.29, 1.82) is 0 Å². The van der Waals surface area contributed by atoms with Gasteiger partial charge in [0, 0.05) is 20.8 Å². The number of esters is 3. The first-order chi connectivity index (χ1) is 21.0. The van der Waals surface area contributed by atoms with Gasteiger partial charge in [-0.3, -0.25) is 14.4 Å². The molecule has 0 bridgehead atoms. The molecule has 2 aromatic carbocycles. The summed E-state index contributed by atoms with van der Waals surface area (Å²) in [4.78, 5) is 36.3. The Morgan fingerprint density at radius 3 is 1.59 bits per heavy atom. The van der Waals surface area contributed by atoms with E-state index in [0.29, 0.717) is 0 Å². The highest BCUT2D eigenvalue weighted by atomic mass is 16.7. The van der Waals surface area contributed by atoms with Crippen molar-refractivity contribution in [3.8, 4) is 0 Å². The van der Waals surface area contributed by atoms with Crippen LogP contribution in [0.5, 0.6) is 0 Å². The van der Waals surface area contributed by atoms with Gasteiger partial charge in [0.1, 0.15) is 18.3 Å². The third-order valence-corrected chi connectivity index (χ3v) is 7.24. The summed E-state index contributed by atoms with van der Waals surface area (Å²) in [5, 5.41) is 11.1. The molecule has 2 saturated heterocycles. The van der Waals surface area contributed by atoms with E-state index in [4.69, 9.17) is 37.9 Å². The molecular formula is C32H40O12. The third-order valence-electron chi connectivity index (χ3n) is 7.24. The average molecular weight is 617 g/mol. The molecule has 2 aliphatic heterocycles. The van der Waals surface area contributed by atoms with Gasteiger partial charge in [-0.25, -0.2) is 0 Å². The molecule has 240 valence electrons. The summed E-state index contributed by atoms with van der Waals surface area (Å²) in [7, 11) is 0. The van der Waals surface area contributed by atoms with Gasteiger partial charge in [0.05, 0.1) is 25.4 Å². The Balaban J connectivity index is 1.67. The van der Waals surface area contributed by atoms with Crippen molar-refractivity contribution in [3.05, 3.63) is 71.8 Å². The second-order valence-electron chi connectivity index (χ2n) is 10.8. The second kappa shape index (κ2) is 15.6. The summed E-state index contributed by atoms with van der Waals surface area (Å²) >= 11 is 0. The minimum absolute atomic E-state index is 0.117.